The third-order valence-corrected chi connectivity index (χ3v) is 6.46. The molecule has 2 aromatic carbocycles. The van der Waals surface area contributed by atoms with E-state index in [1.54, 1.807) is 12.4 Å². The second-order valence-corrected chi connectivity index (χ2v) is 9.04. The number of hydrogen-bond acceptors (Lipinski definition) is 4. The van der Waals surface area contributed by atoms with Gasteiger partial charge in [-0.15, -0.1) is 0 Å². The van der Waals surface area contributed by atoms with Crippen LogP contribution in [0.4, 0.5) is 10.5 Å². The number of pyridine rings is 1. The number of benzene rings is 2. The van der Waals surface area contributed by atoms with E-state index in [1.165, 1.54) is 5.56 Å². The fourth-order valence-corrected chi connectivity index (χ4v) is 4.61. The van der Waals surface area contributed by atoms with Gasteiger partial charge in [0, 0.05) is 47.7 Å². The van der Waals surface area contributed by atoms with Crippen LogP contribution in [0.2, 0.25) is 0 Å². The summed E-state index contributed by atoms with van der Waals surface area (Å²) in [7, 11) is 0. The number of anilines is 1. The highest BCUT2D eigenvalue weighted by atomic mass is 16.2. The smallest absolute Gasteiger partial charge is 0.320 e. The van der Waals surface area contributed by atoms with E-state index in [2.05, 4.69) is 49.3 Å². The molecule has 3 heterocycles. The number of nitrogens with zero attached hydrogens (tertiary/aromatic N) is 4. The molecule has 0 aliphatic carbocycles. The van der Waals surface area contributed by atoms with Gasteiger partial charge < -0.3 is 10.2 Å². The molecule has 1 aliphatic heterocycles. The van der Waals surface area contributed by atoms with E-state index in [4.69, 9.17) is 9.97 Å². The molecular weight excluding hydrogens is 434 g/mol. The monoisotopic (exact) mass is 463 g/mol. The van der Waals surface area contributed by atoms with Crippen LogP contribution >= 0.6 is 0 Å². The summed E-state index contributed by atoms with van der Waals surface area (Å²) in [5.41, 5.74) is 9.15. The number of amides is 2. The molecule has 0 saturated heterocycles. The van der Waals surface area contributed by atoms with Gasteiger partial charge in [-0.05, 0) is 61.2 Å². The number of nitrogens with one attached hydrogen (secondary N) is 1. The van der Waals surface area contributed by atoms with Crippen LogP contribution in [0.5, 0.6) is 0 Å². The van der Waals surface area contributed by atoms with Crippen molar-refractivity contribution >= 4 is 11.7 Å². The molecule has 0 radical (unpaired) electrons. The maximum Gasteiger partial charge on any atom is 0.322 e. The van der Waals surface area contributed by atoms with E-state index in [9.17, 15) is 4.79 Å². The highest BCUT2D eigenvalue weighted by Gasteiger charge is 2.27. The van der Waals surface area contributed by atoms with Crippen LogP contribution in [0.15, 0.2) is 67.0 Å². The molecule has 6 heteroatoms. The van der Waals surface area contributed by atoms with Crippen LogP contribution in [0.1, 0.15) is 34.9 Å². The van der Waals surface area contributed by atoms with Crippen LogP contribution in [0.3, 0.4) is 0 Å². The summed E-state index contributed by atoms with van der Waals surface area (Å²) in [6.45, 7) is 7.32. The minimum absolute atomic E-state index is 0.102. The van der Waals surface area contributed by atoms with Gasteiger partial charge in [-0.1, -0.05) is 37.3 Å². The lowest BCUT2D eigenvalue weighted by Gasteiger charge is -2.30. The molecule has 0 spiro atoms. The number of carbonyl (C=O) groups is 1. The molecule has 1 N–H and O–H groups in total. The molecule has 2 aromatic heterocycles. The average Bonchev–Trinajstić information content (AvgIpc) is 2.88. The standard InChI is InChI=1S/C29H29N5O/c1-4-21-14-19(2)15-23(16-21)31-29(35)34-13-11-26-25(18-34)27(24-10-6-5-8-20(24)3)33-28(32-26)22-9-7-12-30-17-22/h5-10,12,14-17H,4,11,13,18H2,1-3H3,(H,31,35). The van der Waals surface area contributed by atoms with Crippen molar-refractivity contribution in [3.05, 3.63) is 94.9 Å². The first kappa shape index (κ1) is 22.7. The minimum atomic E-state index is -0.102. The van der Waals surface area contributed by atoms with Crippen molar-refractivity contribution in [3.8, 4) is 22.6 Å². The number of fused-ring (bicyclic) bond motifs is 1. The SMILES string of the molecule is CCc1cc(C)cc(NC(=O)N2CCc3nc(-c4cccnc4)nc(-c4ccccc4C)c3C2)c1. The molecule has 0 fully saturated rings. The van der Waals surface area contributed by atoms with Crippen molar-refractivity contribution in [1.29, 1.82) is 0 Å². The molecule has 4 aromatic rings. The van der Waals surface area contributed by atoms with Crippen LogP contribution in [0, 0.1) is 13.8 Å². The van der Waals surface area contributed by atoms with E-state index in [0.717, 1.165) is 51.3 Å². The summed E-state index contributed by atoms with van der Waals surface area (Å²) >= 11 is 0. The third kappa shape index (κ3) is 4.78. The molecule has 0 atom stereocenters. The number of aromatic nitrogens is 3. The maximum absolute atomic E-state index is 13.3. The summed E-state index contributed by atoms with van der Waals surface area (Å²) in [6.07, 6.45) is 5.14. The Balaban J connectivity index is 1.50. The van der Waals surface area contributed by atoms with Crippen molar-refractivity contribution < 1.29 is 4.79 Å². The van der Waals surface area contributed by atoms with Gasteiger partial charge in [0.05, 0.1) is 17.9 Å². The third-order valence-electron chi connectivity index (χ3n) is 6.46. The summed E-state index contributed by atoms with van der Waals surface area (Å²) in [6, 6.07) is 18.2. The van der Waals surface area contributed by atoms with E-state index < -0.39 is 0 Å². The average molecular weight is 464 g/mol. The second kappa shape index (κ2) is 9.66. The normalized spacial score (nSPS) is 12.8. The predicted molar refractivity (Wildman–Crippen MR) is 139 cm³/mol. The fraction of sp³-hybridized carbons (Fsp3) is 0.241. The van der Waals surface area contributed by atoms with Crippen LogP contribution < -0.4 is 5.32 Å². The molecule has 176 valence electrons. The molecule has 0 saturated carbocycles. The number of carbonyl (C=O) groups excluding carboxylic acids is 1. The Kier molecular flexibility index (Phi) is 6.27. The zero-order chi connectivity index (χ0) is 24.4. The topological polar surface area (TPSA) is 71.0 Å². The molecule has 5 rings (SSSR count). The zero-order valence-electron chi connectivity index (χ0n) is 20.4. The first-order chi connectivity index (χ1) is 17.0. The molecule has 35 heavy (non-hydrogen) atoms. The van der Waals surface area contributed by atoms with Crippen molar-refractivity contribution in [2.75, 3.05) is 11.9 Å². The van der Waals surface area contributed by atoms with Crippen molar-refractivity contribution in [2.45, 2.75) is 40.2 Å². The van der Waals surface area contributed by atoms with E-state index in [0.29, 0.717) is 25.3 Å². The Labute approximate surface area is 206 Å². The molecule has 1 aliphatic rings. The van der Waals surface area contributed by atoms with Crippen molar-refractivity contribution in [2.24, 2.45) is 0 Å². The van der Waals surface area contributed by atoms with Gasteiger partial charge in [0.1, 0.15) is 0 Å². The zero-order valence-corrected chi connectivity index (χ0v) is 20.4. The number of aryl methyl sites for hydroxylation is 3. The maximum atomic E-state index is 13.3. The first-order valence-electron chi connectivity index (χ1n) is 12.0. The number of hydrogen-bond donors (Lipinski definition) is 1. The van der Waals surface area contributed by atoms with Gasteiger partial charge >= 0.3 is 6.03 Å². The molecule has 0 bridgehead atoms. The lowest BCUT2D eigenvalue weighted by Crippen LogP contribution is -2.39. The quantitative estimate of drug-likeness (QED) is 0.404. The molecule has 6 nitrogen and oxygen atoms in total. The van der Waals surface area contributed by atoms with Crippen LogP contribution in [0.25, 0.3) is 22.6 Å². The van der Waals surface area contributed by atoms with Crippen LogP contribution in [-0.4, -0.2) is 32.4 Å². The Hall–Kier alpha value is -4.06. The summed E-state index contributed by atoms with van der Waals surface area (Å²) < 4.78 is 0. The summed E-state index contributed by atoms with van der Waals surface area (Å²) in [5.74, 6) is 0.667. The Morgan fingerprint density at radius 3 is 2.69 bits per heavy atom. The predicted octanol–water partition coefficient (Wildman–Crippen LogP) is 5.98. The fourth-order valence-electron chi connectivity index (χ4n) is 4.61. The van der Waals surface area contributed by atoms with Gasteiger partial charge in [0.15, 0.2) is 5.82 Å². The Morgan fingerprint density at radius 1 is 1.06 bits per heavy atom. The highest BCUT2D eigenvalue weighted by molar-refractivity contribution is 5.90. The van der Waals surface area contributed by atoms with Crippen molar-refractivity contribution in [3.63, 3.8) is 0 Å². The molecule has 2 amide bonds. The van der Waals surface area contributed by atoms with Gasteiger partial charge in [-0.3, -0.25) is 4.98 Å². The number of urea groups is 1. The Bertz CT molecular complexity index is 1380. The summed E-state index contributed by atoms with van der Waals surface area (Å²) in [5, 5.41) is 3.10. The highest BCUT2D eigenvalue weighted by Crippen LogP contribution is 2.32. The summed E-state index contributed by atoms with van der Waals surface area (Å²) in [4.78, 5) is 29.2. The van der Waals surface area contributed by atoms with E-state index in [-0.39, 0.29) is 6.03 Å². The van der Waals surface area contributed by atoms with E-state index in [1.807, 2.05) is 41.3 Å². The van der Waals surface area contributed by atoms with Gasteiger partial charge in [-0.2, -0.15) is 0 Å². The Morgan fingerprint density at radius 2 is 1.91 bits per heavy atom. The lowest BCUT2D eigenvalue weighted by atomic mass is 9.96. The second-order valence-electron chi connectivity index (χ2n) is 9.04. The lowest BCUT2D eigenvalue weighted by molar-refractivity contribution is 0.206. The molecular formula is C29H29N5O. The largest absolute Gasteiger partial charge is 0.322 e. The number of rotatable bonds is 4. The van der Waals surface area contributed by atoms with Crippen molar-refractivity contribution in [1.82, 2.24) is 19.9 Å². The van der Waals surface area contributed by atoms with E-state index >= 15 is 0 Å². The van der Waals surface area contributed by atoms with Gasteiger partial charge in [0.2, 0.25) is 0 Å². The van der Waals surface area contributed by atoms with Gasteiger partial charge in [-0.25, -0.2) is 14.8 Å². The minimum Gasteiger partial charge on any atom is -0.320 e. The van der Waals surface area contributed by atoms with Gasteiger partial charge in [0.25, 0.3) is 0 Å². The first-order valence-corrected chi connectivity index (χ1v) is 12.0. The van der Waals surface area contributed by atoms with Crippen LogP contribution in [-0.2, 0) is 19.4 Å². The molecule has 0 unspecified atom stereocenters.